The fraction of sp³-hybridized carbons (Fsp3) is 0.875. The van der Waals surface area contributed by atoms with Crippen molar-refractivity contribution in [1.82, 2.24) is 10.2 Å². The minimum Gasteiger partial charge on any atom is -0.379 e. The van der Waals surface area contributed by atoms with E-state index in [4.69, 9.17) is 4.74 Å². The summed E-state index contributed by atoms with van der Waals surface area (Å²) in [5, 5.41) is 3.04. The van der Waals surface area contributed by atoms with Crippen LogP contribution < -0.4 is 5.32 Å². The third kappa shape index (κ3) is 8.37. The predicted octanol–water partition coefficient (Wildman–Crippen LogP) is 4.07. The summed E-state index contributed by atoms with van der Waals surface area (Å²) in [5.74, 6) is 0.0489. The van der Waals surface area contributed by atoms with E-state index in [2.05, 4.69) is 26.1 Å². The monoisotopic (exact) mass is 426 g/mol. The molecule has 6 heteroatoms. The quantitative estimate of drug-likeness (QED) is 0.454. The Morgan fingerprint density at radius 2 is 1.57 bits per heavy atom. The lowest BCUT2D eigenvalue weighted by Crippen LogP contribution is -2.57. The van der Waals surface area contributed by atoms with E-state index in [9.17, 15) is 14.4 Å². The van der Waals surface area contributed by atoms with Crippen LogP contribution in [0.2, 0.25) is 0 Å². The standard InChI is InChI=1S/C24H46N2O4/c1-11-13-19(15(3)4)23(28)25-21(16(5)6)24(29)26(9)22(17(7)12-2)20(30-10)14-18(8)27/h15-17,19-22H,11-14H2,1-10H3,(H,25,28)/t17-,19-,20+,21-,22-/m0/s1. The summed E-state index contributed by atoms with van der Waals surface area (Å²) in [4.78, 5) is 39.9. The van der Waals surface area contributed by atoms with Crippen LogP contribution in [0.1, 0.15) is 81.1 Å². The lowest BCUT2D eigenvalue weighted by Gasteiger charge is -2.40. The molecular formula is C24H46N2O4. The van der Waals surface area contributed by atoms with E-state index in [-0.39, 0.29) is 59.8 Å². The summed E-state index contributed by atoms with van der Waals surface area (Å²) < 4.78 is 5.64. The molecule has 0 aromatic heterocycles. The minimum atomic E-state index is -0.609. The van der Waals surface area contributed by atoms with Crippen LogP contribution in [-0.4, -0.2) is 54.8 Å². The van der Waals surface area contributed by atoms with Crippen LogP contribution in [0.5, 0.6) is 0 Å². The van der Waals surface area contributed by atoms with E-state index in [0.717, 1.165) is 19.3 Å². The molecule has 0 aromatic carbocycles. The zero-order chi connectivity index (χ0) is 23.6. The highest BCUT2D eigenvalue weighted by atomic mass is 16.5. The van der Waals surface area contributed by atoms with E-state index >= 15 is 0 Å². The number of ether oxygens (including phenoxy) is 1. The number of likely N-dealkylation sites (N-methyl/N-ethyl adjacent to an activating group) is 1. The fourth-order valence-corrected chi connectivity index (χ4v) is 4.08. The first-order chi connectivity index (χ1) is 13.9. The van der Waals surface area contributed by atoms with Gasteiger partial charge in [0.05, 0.1) is 12.1 Å². The van der Waals surface area contributed by atoms with Crippen molar-refractivity contribution >= 4 is 17.6 Å². The summed E-state index contributed by atoms with van der Waals surface area (Å²) in [6.07, 6.45) is 2.46. The van der Waals surface area contributed by atoms with Crippen LogP contribution in [0.25, 0.3) is 0 Å². The van der Waals surface area contributed by atoms with Crippen LogP contribution >= 0.6 is 0 Å². The van der Waals surface area contributed by atoms with Gasteiger partial charge in [0.1, 0.15) is 11.8 Å². The summed E-state index contributed by atoms with van der Waals surface area (Å²) in [5.41, 5.74) is 0. The molecule has 0 unspecified atom stereocenters. The number of methoxy groups -OCH3 is 1. The van der Waals surface area contributed by atoms with Gasteiger partial charge in [-0.3, -0.25) is 14.4 Å². The van der Waals surface area contributed by atoms with Crippen molar-refractivity contribution in [1.29, 1.82) is 0 Å². The first kappa shape index (κ1) is 28.6. The molecule has 0 spiro atoms. The van der Waals surface area contributed by atoms with Gasteiger partial charge in [-0.1, -0.05) is 61.3 Å². The number of carbonyl (C=O) groups is 3. The molecule has 0 saturated heterocycles. The van der Waals surface area contributed by atoms with E-state index < -0.39 is 6.04 Å². The zero-order valence-corrected chi connectivity index (χ0v) is 21.0. The first-order valence-electron chi connectivity index (χ1n) is 11.5. The number of ketones is 1. The van der Waals surface area contributed by atoms with Crippen molar-refractivity contribution in [3.8, 4) is 0 Å². The molecule has 2 amide bonds. The normalized spacial score (nSPS) is 16.7. The molecule has 30 heavy (non-hydrogen) atoms. The van der Waals surface area contributed by atoms with Crippen molar-refractivity contribution in [2.24, 2.45) is 23.7 Å². The number of nitrogens with one attached hydrogen (secondary N) is 1. The lowest BCUT2D eigenvalue weighted by atomic mass is 9.88. The molecule has 0 fully saturated rings. The Bertz CT molecular complexity index is 547. The average molecular weight is 427 g/mol. The van der Waals surface area contributed by atoms with Crippen LogP contribution in [-0.2, 0) is 19.1 Å². The van der Waals surface area contributed by atoms with E-state index in [1.807, 2.05) is 27.7 Å². The van der Waals surface area contributed by atoms with Gasteiger partial charge in [0.25, 0.3) is 0 Å². The Labute approximate surface area is 184 Å². The molecule has 1 N–H and O–H groups in total. The highest BCUT2D eigenvalue weighted by Crippen LogP contribution is 2.24. The highest BCUT2D eigenvalue weighted by molar-refractivity contribution is 5.89. The largest absolute Gasteiger partial charge is 0.379 e. The highest BCUT2D eigenvalue weighted by Gasteiger charge is 2.37. The van der Waals surface area contributed by atoms with Crippen LogP contribution in [0.15, 0.2) is 0 Å². The Morgan fingerprint density at radius 3 is 1.93 bits per heavy atom. The molecule has 0 radical (unpaired) electrons. The Morgan fingerprint density at radius 1 is 1.00 bits per heavy atom. The lowest BCUT2D eigenvalue weighted by molar-refractivity contribution is -0.144. The molecular weight excluding hydrogens is 380 g/mol. The molecule has 5 atom stereocenters. The van der Waals surface area contributed by atoms with E-state index in [1.54, 1.807) is 26.0 Å². The molecule has 0 aliphatic carbocycles. The second-order valence-electron chi connectivity index (χ2n) is 9.38. The maximum absolute atomic E-state index is 13.5. The van der Waals surface area contributed by atoms with Gasteiger partial charge in [-0.2, -0.15) is 0 Å². The maximum Gasteiger partial charge on any atom is 0.245 e. The Balaban J connectivity index is 5.74. The van der Waals surface area contributed by atoms with Crippen LogP contribution in [0, 0.1) is 23.7 Å². The second-order valence-corrected chi connectivity index (χ2v) is 9.38. The molecule has 0 aliphatic heterocycles. The van der Waals surface area contributed by atoms with Crippen molar-refractivity contribution in [2.75, 3.05) is 14.2 Å². The van der Waals surface area contributed by atoms with Crippen LogP contribution in [0.3, 0.4) is 0 Å². The van der Waals surface area contributed by atoms with Gasteiger partial charge in [0.2, 0.25) is 11.8 Å². The maximum atomic E-state index is 13.5. The first-order valence-corrected chi connectivity index (χ1v) is 11.5. The van der Waals surface area contributed by atoms with Gasteiger partial charge >= 0.3 is 0 Å². The summed E-state index contributed by atoms with van der Waals surface area (Å²) in [6, 6.07) is -0.854. The molecule has 0 bridgehead atoms. The second kappa shape index (κ2) is 13.8. The van der Waals surface area contributed by atoms with E-state index in [1.165, 1.54) is 0 Å². The third-order valence-electron chi connectivity index (χ3n) is 6.17. The molecule has 0 saturated carbocycles. The van der Waals surface area contributed by atoms with Crippen molar-refractivity contribution in [3.63, 3.8) is 0 Å². The molecule has 6 nitrogen and oxygen atoms in total. The van der Waals surface area contributed by atoms with Crippen LogP contribution in [0.4, 0.5) is 0 Å². The van der Waals surface area contributed by atoms with Gasteiger partial charge in [-0.15, -0.1) is 0 Å². The smallest absolute Gasteiger partial charge is 0.245 e. The van der Waals surface area contributed by atoms with Gasteiger partial charge in [-0.25, -0.2) is 0 Å². The van der Waals surface area contributed by atoms with Gasteiger partial charge in [-0.05, 0) is 31.1 Å². The minimum absolute atomic E-state index is 0.0315. The summed E-state index contributed by atoms with van der Waals surface area (Å²) in [7, 11) is 3.35. The molecule has 0 heterocycles. The fourth-order valence-electron chi connectivity index (χ4n) is 4.08. The van der Waals surface area contributed by atoms with Gasteiger partial charge in [0.15, 0.2) is 0 Å². The SMILES string of the molecule is CCC[C@H](C(=O)N[C@H](C(=O)N(C)[C@@H]([C@@H](C)CC)[C@@H](CC(C)=O)OC)C(C)C)C(C)C. The van der Waals surface area contributed by atoms with Crippen molar-refractivity contribution in [3.05, 3.63) is 0 Å². The summed E-state index contributed by atoms with van der Waals surface area (Å²) in [6.45, 7) is 15.7. The number of Topliss-reactive ketones (excluding diaryl/α,β-unsaturated/α-hetero) is 1. The average Bonchev–Trinajstić information content (AvgIpc) is 2.67. The van der Waals surface area contributed by atoms with Crippen molar-refractivity contribution in [2.45, 2.75) is 99.3 Å². The topological polar surface area (TPSA) is 75.7 Å². The van der Waals surface area contributed by atoms with E-state index in [0.29, 0.717) is 0 Å². The molecule has 0 aromatic rings. The number of nitrogens with zero attached hydrogens (tertiary/aromatic N) is 1. The number of rotatable bonds is 14. The zero-order valence-electron chi connectivity index (χ0n) is 21.0. The number of hydrogen-bond acceptors (Lipinski definition) is 4. The third-order valence-corrected chi connectivity index (χ3v) is 6.17. The number of hydrogen-bond donors (Lipinski definition) is 1. The molecule has 0 rings (SSSR count). The van der Waals surface area contributed by atoms with Crippen molar-refractivity contribution < 1.29 is 19.1 Å². The molecule has 176 valence electrons. The van der Waals surface area contributed by atoms with Gasteiger partial charge in [0, 0.05) is 26.5 Å². The molecule has 0 aliphatic rings. The van der Waals surface area contributed by atoms with Gasteiger partial charge < -0.3 is 15.0 Å². The summed E-state index contributed by atoms with van der Waals surface area (Å²) >= 11 is 0. The number of carbonyl (C=O) groups excluding carboxylic acids is 3. The predicted molar refractivity (Wildman–Crippen MR) is 122 cm³/mol. The number of amides is 2. The Hall–Kier alpha value is -1.43. The Kier molecular flexibility index (Phi) is 13.1.